The zero-order chi connectivity index (χ0) is 12.7. The second kappa shape index (κ2) is 7.67. The van der Waals surface area contributed by atoms with Crippen LogP contribution in [0.4, 0.5) is 0 Å². The normalized spacial score (nSPS) is 13.0. The molecule has 0 spiro atoms. The molecule has 0 fully saturated rings. The van der Waals surface area contributed by atoms with Crippen molar-refractivity contribution in [3.05, 3.63) is 29.0 Å². The van der Waals surface area contributed by atoms with Crippen molar-refractivity contribution in [3.8, 4) is 0 Å². The first kappa shape index (κ1) is 14.5. The summed E-state index contributed by atoms with van der Waals surface area (Å²) in [4.78, 5) is 4.40. The lowest BCUT2D eigenvalue weighted by atomic mass is 10.0. The van der Waals surface area contributed by atoms with E-state index in [4.69, 9.17) is 11.6 Å². The van der Waals surface area contributed by atoms with E-state index in [0.29, 0.717) is 0 Å². The zero-order valence-corrected chi connectivity index (χ0v) is 11.8. The SMILES string of the molecule is CCNC(CCCC(C)C)c1ncccc1Cl. The molecule has 2 nitrogen and oxygen atoms in total. The third-order valence-corrected chi connectivity index (χ3v) is 3.16. The quantitative estimate of drug-likeness (QED) is 0.788. The van der Waals surface area contributed by atoms with Crippen molar-refractivity contribution in [1.29, 1.82) is 0 Å². The fourth-order valence-electron chi connectivity index (χ4n) is 1.97. The van der Waals surface area contributed by atoms with Gasteiger partial charge in [0.2, 0.25) is 0 Å². The number of hydrogen-bond donors (Lipinski definition) is 1. The first-order valence-electron chi connectivity index (χ1n) is 6.49. The molecule has 0 saturated heterocycles. The van der Waals surface area contributed by atoms with Gasteiger partial charge in [0.1, 0.15) is 0 Å². The Labute approximate surface area is 110 Å². The number of hydrogen-bond acceptors (Lipinski definition) is 2. The van der Waals surface area contributed by atoms with Gasteiger partial charge in [0, 0.05) is 6.20 Å². The molecule has 96 valence electrons. The van der Waals surface area contributed by atoms with Crippen LogP contribution in [0.2, 0.25) is 5.02 Å². The first-order chi connectivity index (χ1) is 8.15. The molecule has 0 radical (unpaired) electrons. The molecule has 17 heavy (non-hydrogen) atoms. The number of nitrogens with one attached hydrogen (secondary N) is 1. The molecule has 1 aromatic rings. The largest absolute Gasteiger partial charge is 0.309 e. The molecular formula is C14H23ClN2. The van der Waals surface area contributed by atoms with Crippen molar-refractivity contribution < 1.29 is 0 Å². The van der Waals surface area contributed by atoms with Crippen molar-refractivity contribution in [2.45, 2.75) is 46.1 Å². The van der Waals surface area contributed by atoms with Crippen LogP contribution in [0.5, 0.6) is 0 Å². The minimum Gasteiger partial charge on any atom is -0.309 e. The molecule has 0 bridgehead atoms. The van der Waals surface area contributed by atoms with Gasteiger partial charge < -0.3 is 5.32 Å². The van der Waals surface area contributed by atoms with E-state index in [-0.39, 0.29) is 6.04 Å². The summed E-state index contributed by atoms with van der Waals surface area (Å²) >= 11 is 6.19. The lowest BCUT2D eigenvalue weighted by molar-refractivity contribution is 0.449. The maximum Gasteiger partial charge on any atom is 0.0758 e. The lowest BCUT2D eigenvalue weighted by Gasteiger charge is -2.18. The van der Waals surface area contributed by atoms with Crippen LogP contribution >= 0.6 is 11.6 Å². The van der Waals surface area contributed by atoms with Crippen LogP contribution in [0.15, 0.2) is 18.3 Å². The first-order valence-corrected chi connectivity index (χ1v) is 6.86. The Morgan fingerprint density at radius 3 is 2.71 bits per heavy atom. The minimum absolute atomic E-state index is 0.285. The van der Waals surface area contributed by atoms with Crippen LogP contribution in [0.25, 0.3) is 0 Å². The number of rotatable bonds is 7. The van der Waals surface area contributed by atoms with Gasteiger partial charge in [-0.1, -0.05) is 45.2 Å². The standard InChI is InChI=1S/C14H23ClN2/c1-4-16-13(9-5-7-11(2)3)14-12(15)8-6-10-17-14/h6,8,10-11,13,16H,4-5,7,9H2,1-3H3. The molecule has 1 atom stereocenters. The molecule has 0 amide bonds. The molecule has 1 heterocycles. The Kier molecular flexibility index (Phi) is 6.53. The highest BCUT2D eigenvalue weighted by molar-refractivity contribution is 6.31. The second-order valence-electron chi connectivity index (χ2n) is 4.81. The van der Waals surface area contributed by atoms with Crippen molar-refractivity contribution in [2.24, 2.45) is 5.92 Å². The van der Waals surface area contributed by atoms with E-state index in [1.165, 1.54) is 12.8 Å². The van der Waals surface area contributed by atoms with E-state index in [9.17, 15) is 0 Å². The molecule has 1 N–H and O–H groups in total. The third-order valence-electron chi connectivity index (χ3n) is 2.84. The summed E-state index contributed by atoms with van der Waals surface area (Å²) in [6.07, 6.45) is 5.38. The van der Waals surface area contributed by atoms with Crippen LogP contribution in [-0.2, 0) is 0 Å². The van der Waals surface area contributed by atoms with Crippen LogP contribution in [0.3, 0.4) is 0 Å². The summed E-state index contributed by atoms with van der Waals surface area (Å²) in [5.41, 5.74) is 0.986. The molecule has 1 aromatic heterocycles. The predicted octanol–water partition coefficient (Wildman–Crippen LogP) is 4.21. The summed E-state index contributed by atoms with van der Waals surface area (Å²) in [5, 5.41) is 4.23. The molecule has 0 aliphatic carbocycles. The van der Waals surface area contributed by atoms with Crippen molar-refractivity contribution in [3.63, 3.8) is 0 Å². The van der Waals surface area contributed by atoms with E-state index in [1.807, 2.05) is 18.3 Å². The number of pyridine rings is 1. The van der Waals surface area contributed by atoms with Gasteiger partial charge in [-0.3, -0.25) is 4.98 Å². The Hall–Kier alpha value is -0.600. The molecule has 0 aliphatic rings. The second-order valence-corrected chi connectivity index (χ2v) is 5.21. The van der Waals surface area contributed by atoms with Crippen LogP contribution in [-0.4, -0.2) is 11.5 Å². The van der Waals surface area contributed by atoms with E-state index in [0.717, 1.165) is 29.6 Å². The van der Waals surface area contributed by atoms with Crippen LogP contribution in [0, 0.1) is 5.92 Å². The highest BCUT2D eigenvalue weighted by Gasteiger charge is 2.14. The van der Waals surface area contributed by atoms with Crippen molar-refractivity contribution in [1.82, 2.24) is 10.3 Å². The van der Waals surface area contributed by atoms with E-state index >= 15 is 0 Å². The number of nitrogens with zero attached hydrogens (tertiary/aromatic N) is 1. The van der Waals surface area contributed by atoms with Crippen molar-refractivity contribution in [2.75, 3.05) is 6.54 Å². The predicted molar refractivity (Wildman–Crippen MR) is 74.4 cm³/mol. The molecule has 0 aromatic carbocycles. The highest BCUT2D eigenvalue weighted by atomic mass is 35.5. The summed E-state index contributed by atoms with van der Waals surface area (Å²) in [6, 6.07) is 4.08. The summed E-state index contributed by atoms with van der Waals surface area (Å²) in [6.45, 7) is 7.58. The Morgan fingerprint density at radius 2 is 2.12 bits per heavy atom. The van der Waals surface area contributed by atoms with Gasteiger partial charge in [-0.05, 0) is 31.0 Å². The molecule has 3 heteroatoms. The Balaban J connectivity index is 2.62. The zero-order valence-electron chi connectivity index (χ0n) is 11.0. The minimum atomic E-state index is 0.285. The monoisotopic (exact) mass is 254 g/mol. The molecular weight excluding hydrogens is 232 g/mol. The number of aromatic nitrogens is 1. The molecule has 0 saturated carbocycles. The number of halogens is 1. The van der Waals surface area contributed by atoms with Gasteiger partial charge in [0.15, 0.2) is 0 Å². The van der Waals surface area contributed by atoms with E-state index in [1.54, 1.807) is 0 Å². The van der Waals surface area contributed by atoms with Crippen LogP contribution < -0.4 is 5.32 Å². The average molecular weight is 255 g/mol. The summed E-state index contributed by atoms with van der Waals surface area (Å²) < 4.78 is 0. The van der Waals surface area contributed by atoms with Gasteiger partial charge in [-0.15, -0.1) is 0 Å². The van der Waals surface area contributed by atoms with Gasteiger partial charge >= 0.3 is 0 Å². The average Bonchev–Trinajstić information content (AvgIpc) is 2.28. The van der Waals surface area contributed by atoms with Gasteiger partial charge in [-0.25, -0.2) is 0 Å². The maximum atomic E-state index is 6.19. The highest BCUT2D eigenvalue weighted by Crippen LogP contribution is 2.25. The fourth-order valence-corrected chi connectivity index (χ4v) is 2.22. The lowest BCUT2D eigenvalue weighted by Crippen LogP contribution is -2.22. The summed E-state index contributed by atoms with van der Waals surface area (Å²) in [5.74, 6) is 0.761. The third kappa shape index (κ3) is 5.05. The molecule has 0 aliphatic heterocycles. The topological polar surface area (TPSA) is 24.9 Å². The van der Waals surface area contributed by atoms with E-state index in [2.05, 4.69) is 31.1 Å². The molecule has 1 rings (SSSR count). The van der Waals surface area contributed by atoms with Gasteiger partial charge in [-0.2, -0.15) is 0 Å². The fraction of sp³-hybridized carbons (Fsp3) is 0.643. The smallest absolute Gasteiger partial charge is 0.0758 e. The van der Waals surface area contributed by atoms with Crippen molar-refractivity contribution >= 4 is 11.6 Å². The molecule has 1 unspecified atom stereocenters. The van der Waals surface area contributed by atoms with Gasteiger partial charge in [0.05, 0.1) is 16.8 Å². The van der Waals surface area contributed by atoms with E-state index < -0.39 is 0 Å². The van der Waals surface area contributed by atoms with Crippen LogP contribution in [0.1, 0.15) is 51.8 Å². The Morgan fingerprint density at radius 1 is 1.35 bits per heavy atom. The Bertz CT molecular complexity index is 326. The maximum absolute atomic E-state index is 6.19. The summed E-state index contributed by atoms with van der Waals surface area (Å²) in [7, 11) is 0. The van der Waals surface area contributed by atoms with Gasteiger partial charge in [0.25, 0.3) is 0 Å².